The summed E-state index contributed by atoms with van der Waals surface area (Å²) in [6.45, 7) is 25.7. The van der Waals surface area contributed by atoms with Gasteiger partial charge in [-0.3, -0.25) is 0 Å². The molecule has 0 saturated heterocycles. The maximum atomic E-state index is 8.67. The number of thiol groups is 1. The molecule has 3 unspecified atom stereocenters. The molecule has 0 aromatic carbocycles. The minimum atomic E-state index is -0.148. The van der Waals surface area contributed by atoms with Gasteiger partial charge in [-0.25, -0.2) is 0 Å². The predicted molar refractivity (Wildman–Crippen MR) is 188 cm³/mol. The largest absolute Gasteiger partial charge is 0.396 e. The molecule has 0 saturated carbocycles. The molecule has 0 aromatic heterocycles. The number of hydrogen-bond acceptors (Lipinski definition) is 6. The van der Waals surface area contributed by atoms with E-state index in [-0.39, 0.29) is 69.0 Å². The Labute approximate surface area is 252 Å². The Balaban J connectivity index is -0.0000000207. The van der Waals surface area contributed by atoms with E-state index in [0.29, 0.717) is 18.4 Å². The van der Waals surface area contributed by atoms with Gasteiger partial charge in [-0.05, 0) is 70.0 Å². The third-order valence-electron chi connectivity index (χ3n) is 3.82. The molecule has 3 atom stereocenters. The Kier molecular flexibility index (Phi) is 133. The molecule has 38 heavy (non-hydrogen) atoms. The van der Waals surface area contributed by atoms with E-state index in [1.54, 1.807) is 20.8 Å². The van der Waals surface area contributed by atoms with Gasteiger partial charge >= 0.3 is 0 Å². The van der Waals surface area contributed by atoms with Crippen LogP contribution in [0.2, 0.25) is 0 Å². The average molecular weight is 585 g/mol. The van der Waals surface area contributed by atoms with Crippen LogP contribution < -0.4 is 0 Å². The van der Waals surface area contributed by atoms with Gasteiger partial charge in [0.2, 0.25) is 0 Å². The Morgan fingerprint density at radius 3 is 0.658 bits per heavy atom. The van der Waals surface area contributed by atoms with Crippen molar-refractivity contribution in [3.05, 3.63) is 0 Å². The van der Waals surface area contributed by atoms with Gasteiger partial charge in [-0.15, -0.1) is 0 Å². The van der Waals surface area contributed by atoms with Crippen molar-refractivity contribution in [3.8, 4) is 0 Å². The van der Waals surface area contributed by atoms with E-state index in [2.05, 4.69) is 26.5 Å². The first kappa shape index (κ1) is 77.0. The summed E-state index contributed by atoms with van der Waals surface area (Å²) < 4.78 is 0. The van der Waals surface area contributed by atoms with Gasteiger partial charge in [-0.1, -0.05) is 114 Å². The molecule has 0 bridgehead atoms. The fraction of sp³-hybridized carbons (Fsp3) is 1.00. The van der Waals surface area contributed by atoms with Crippen molar-refractivity contribution in [1.29, 1.82) is 0 Å². The molecule has 0 aliphatic rings. The van der Waals surface area contributed by atoms with Crippen LogP contribution >= 0.6 is 12.6 Å². The van der Waals surface area contributed by atoms with E-state index in [0.717, 1.165) is 37.4 Å². The maximum absolute atomic E-state index is 8.67. The van der Waals surface area contributed by atoms with Crippen LogP contribution in [-0.2, 0) is 0 Å². The molecule has 5 N–H and O–H groups in total. The van der Waals surface area contributed by atoms with Crippen LogP contribution in [0.1, 0.15) is 160 Å². The second-order valence-corrected chi connectivity index (χ2v) is 9.49. The molecular weight excluding hydrogens is 496 g/mol. The van der Waals surface area contributed by atoms with Crippen LogP contribution in [0.5, 0.6) is 0 Å². The summed E-state index contributed by atoms with van der Waals surface area (Å²) in [5.41, 5.74) is 0. The second kappa shape index (κ2) is 65.9. The minimum Gasteiger partial charge on any atom is -0.396 e. The molecular formula is C32H88O5S. The highest BCUT2D eigenvalue weighted by Gasteiger charge is 1.97. The van der Waals surface area contributed by atoms with Crippen molar-refractivity contribution in [1.82, 2.24) is 0 Å². The summed E-state index contributed by atoms with van der Waals surface area (Å²) >= 11 is 4.02. The highest BCUT2D eigenvalue weighted by atomic mass is 32.1. The zero-order valence-electron chi connectivity index (χ0n) is 24.0. The van der Waals surface area contributed by atoms with E-state index < -0.39 is 0 Å². The van der Waals surface area contributed by atoms with Crippen molar-refractivity contribution in [2.75, 3.05) is 12.4 Å². The fourth-order valence-corrected chi connectivity index (χ4v) is 0.289. The highest BCUT2D eigenvalue weighted by Crippen LogP contribution is 1.96. The van der Waals surface area contributed by atoms with Crippen molar-refractivity contribution in [2.45, 2.75) is 185 Å². The van der Waals surface area contributed by atoms with Crippen molar-refractivity contribution < 1.29 is 25.5 Å². The smallest absolute Gasteiger partial charge is 0.0535 e. The van der Waals surface area contributed by atoms with Crippen LogP contribution in [0.15, 0.2) is 0 Å². The molecule has 0 heterocycles. The summed E-state index contributed by atoms with van der Waals surface area (Å²) in [5, 5.41) is 42.2. The second-order valence-electron chi connectivity index (χ2n) is 9.12. The maximum Gasteiger partial charge on any atom is 0.0535 e. The first-order chi connectivity index (χ1) is 14.5. The SMILES string of the molecule is C.C.C.C.C.C.CC(C)C(C)O.CC(C)CO.CC(C)CS.CCC(C)O.CCC(C)O.CCC(O)CC. The molecule has 0 radical (unpaired) electrons. The molecule has 0 amide bonds. The van der Waals surface area contributed by atoms with E-state index in [1.165, 1.54) is 0 Å². The Morgan fingerprint density at radius 2 is 0.658 bits per heavy atom. The third kappa shape index (κ3) is 171. The van der Waals surface area contributed by atoms with Gasteiger partial charge in [0.15, 0.2) is 0 Å². The van der Waals surface area contributed by atoms with E-state index in [9.17, 15) is 0 Å². The predicted octanol–water partition coefficient (Wildman–Crippen LogP) is 9.77. The third-order valence-corrected chi connectivity index (χ3v) is 4.55. The van der Waals surface area contributed by atoms with Gasteiger partial charge in [0.1, 0.15) is 0 Å². The number of rotatable bonds is 7. The number of aliphatic hydroxyl groups excluding tert-OH is 5. The van der Waals surface area contributed by atoms with Crippen LogP contribution in [-0.4, -0.2) is 62.3 Å². The molecule has 252 valence electrons. The molecule has 0 aromatic rings. The van der Waals surface area contributed by atoms with E-state index in [1.807, 2.05) is 55.4 Å². The Morgan fingerprint density at radius 1 is 0.500 bits per heavy atom. The topological polar surface area (TPSA) is 101 Å². The van der Waals surface area contributed by atoms with Gasteiger partial charge in [0.25, 0.3) is 0 Å². The van der Waals surface area contributed by atoms with Crippen LogP contribution in [0.25, 0.3) is 0 Å². The summed E-state index contributed by atoms with van der Waals surface area (Å²) in [6, 6.07) is 0. The molecule has 0 rings (SSSR count). The van der Waals surface area contributed by atoms with E-state index >= 15 is 0 Å². The quantitative estimate of drug-likeness (QED) is 0.167. The van der Waals surface area contributed by atoms with Crippen LogP contribution in [0.3, 0.4) is 0 Å². The number of aliphatic hydroxyl groups is 5. The molecule has 0 fully saturated rings. The first-order valence-corrected chi connectivity index (χ1v) is 13.1. The van der Waals surface area contributed by atoms with Crippen molar-refractivity contribution >= 4 is 12.6 Å². The lowest BCUT2D eigenvalue weighted by Crippen LogP contribution is -2.07. The standard InChI is InChI=1S/2C5H12O.3C4H10O.C4H10S.6CH4/c1-4(2)5(3)6;1-3-5(6)4-2;1-4(2)3-5;2*1-3-4(2)5;1-4(2)3-5;;;;;;/h4-6H,1-3H3;5-6H,3-4H2,1-2H3;4*4-5H,3H2,1-2H3;6*1H4. The molecule has 6 heteroatoms. The lowest BCUT2D eigenvalue weighted by atomic mass is 10.1. The van der Waals surface area contributed by atoms with Gasteiger partial charge < -0.3 is 25.5 Å². The zero-order valence-corrected chi connectivity index (χ0v) is 24.9. The summed E-state index contributed by atoms with van der Waals surface area (Å²) in [7, 11) is 0. The molecule has 5 nitrogen and oxygen atoms in total. The summed E-state index contributed by atoms with van der Waals surface area (Å²) in [4.78, 5) is 0. The first-order valence-electron chi connectivity index (χ1n) is 12.5. The molecule has 0 aliphatic heterocycles. The average Bonchev–Trinajstić information content (AvgIpc) is 2.74. The lowest BCUT2D eigenvalue weighted by molar-refractivity contribution is 0.144. The van der Waals surface area contributed by atoms with E-state index in [4.69, 9.17) is 25.5 Å². The number of hydrogen-bond donors (Lipinski definition) is 6. The Hall–Kier alpha value is 0.150. The zero-order chi connectivity index (χ0) is 27.3. The van der Waals surface area contributed by atoms with Crippen LogP contribution in [0, 0.1) is 17.8 Å². The Bertz CT molecular complexity index is 231. The van der Waals surface area contributed by atoms with Gasteiger partial charge in [0, 0.05) is 6.61 Å². The molecule has 0 aliphatic carbocycles. The van der Waals surface area contributed by atoms with Crippen molar-refractivity contribution in [3.63, 3.8) is 0 Å². The van der Waals surface area contributed by atoms with Crippen molar-refractivity contribution in [2.24, 2.45) is 17.8 Å². The summed E-state index contributed by atoms with van der Waals surface area (Å²) in [6.07, 6.45) is 3.05. The lowest BCUT2D eigenvalue weighted by Gasteiger charge is -2.04. The minimum absolute atomic E-state index is 0. The van der Waals surface area contributed by atoms with Gasteiger partial charge in [-0.2, -0.15) is 12.6 Å². The van der Waals surface area contributed by atoms with Gasteiger partial charge in [0.05, 0.1) is 24.4 Å². The summed E-state index contributed by atoms with van der Waals surface area (Å²) in [5.74, 6) is 2.60. The fourth-order valence-electron chi connectivity index (χ4n) is 0.289. The monoisotopic (exact) mass is 585 g/mol. The normalized spacial score (nSPS) is 10.5. The highest BCUT2D eigenvalue weighted by molar-refractivity contribution is 7.80. The van der Waals surface area contributed by atoms with Crippen LogP contribution in [0.4, 0.5) is 0 Å². The molecule has 0 spiro atoms.